The molecule has 3 rings (SSSR count). The van der Waals surface area contributed by atoms with Gasteiger partial charge in [0, 0.05) is 6.04 Å². The molecule has 1 aliphatic rings. The lowest BCUT2D eigenvalue weighted by Crippen LogP contribution is -2.22. The summed E-state index contributed by atoms with van der Waals surface area (Å²) >= 11 is 0. The molecule has 2 atom stereocenters. The molecule has 0 radical (unpaired) electrons. The molecule has 0 fully saturated rings. The highest BCUT2D eigenvalue weighted by Gasteiger charge is 2.27. The van der Waals surface area contributed by atoms with Crippen molar-refractivity contribution < 1.29 is 4.74 Å². The maximum Gasteiger partial charge on any atom is 0.122 e. The van der Waals surface area contributed by atoms with Gasteiger partial charge >= 0.3 is 0 Å². The standard InChI is InChI=1S/C18H21NO/c1-12-7-8-14(11-18(12)20-2)17(19)10-15-9-13-5-3-4-6-16(13)15/h3-8,11,15,17H,9-10,19H2,1-2H3. The van der Waals surface area contributed by atoms with Crippen molar-refractivity contribution in [1.29, 1.82) is 0 Å². The van der Waals surface area contributed by atoms with E-state index < -0.39 is 0 Å². The van der Waals surface area contributed by atoms with Crippen LogP contribution in [0, 0.1) is 6.92 Å². The number of methoxy groups -OCH3 is 1. The Labute approximate surface area is 120 Å². The zero-order chi connectivity index (χ0) is 14.1. The van der Waals surface area contributed by atoms with Crippen molar-refractivity contribution in [2.24, 2.45) is 5.73 Å². The van der Waals surface area contributed by atoms with Gasteiger partial charge in [-0.25, -0.2) is 0 Å². The number of hydrogen-bond donors (Lipinski definition) is 1. The Morgan fingerprint density at radius 1 is 1.25 bits per heavy atom. The zero-order valence-corrected chi connectivity index (χ0v) is 12.1. The van der Waals surface area contributed by atoms with E-state index in [-0.39, 0.29) is 6.04 Å². The second kappa shape index (κ2) is 5.29. The van der Waals surface area contributed by atoms with Gasteiger partial charge in [0.25, 0.3) is 0 Å². The summed E-state index contributed by atoms with van der Waals surface area (Å²) in [5.41, 5.74) is 11.6. The monoisotopic (exact) mass is 267 g/mol. The normalized spacial score (nSPS) is 18.1. The van der Waals surface area contributed by atoms with Crippen LogP contribution in [0.5, 0.6) is 5.75 Å². The Bertz CT molecular complexity index is 621. The summed E-state index contributed by atoms with van der Waals surface area (Å²) in [6.45, 7) is 2.05. The molecule has 2 aromatic carbocycles. The Morgan fingerprint density at radius 2 is 2.05 bits per heavy atom. The fourth-order valence-electron chi connectivity index (χ4n) is 3.08. The smallest absolute Gasteiger partial charge is 0.122 e. The average molecular weight is 267 g/mol. The van der Waals surface area contributed by atoms with Crippen molar-refractivity contribution in [1.82, 2.24) is 0 Å². The number of aryl methyl sites for hydroxylation is 1. The third-order valence-corrected chi connectivity index (χ3v) is 4.36. The molecule has 0 saturated heterocycles. The fraction of sp³-hybridized carbons (Fsp3) is 0.333. The molecular weight excluding hydrogens is 246 g/mol. The lowest BCUT2D eigenvalue weighted by Gasteiger charge is -2.32. The summed E-state index contributed by atoms with van der Waals surface area (Å²) in [6.07, 6.45) is 2.16. The Kier molecular flexibility index (Phi) is 3.49. The molecule has 2 heteroatoms. The van der Waals surface area contributed by atoms with Gasteiger partial charge in [0.15, 0.2) is 0 Å². The van der Waals surface area contributed by atoms with E-state index >= 15 is 0 Å². The number of hydrogen-bond acceptors (Lipinski definition) is 2. The van der Waals surface area contributed by atoms with Gasteiger partial charge in [-0.2, -0.15) is 0 Å². The summed E-state index contributed by atoms with van der Waals surface area (Å²) in [5.74, 6) is 1.53. The first-order chi connectivity index (χ1) is 9.69. The van der Waals surface area contributed by atoms with E-state index in [4.69, 9.17) is 10.5 Å². The highest BCUT2D eigenvalue weighted by molar-refractivity contribution is 5.41. The molecule has 0 saturated carbocycles. The van der Waals surface area contributed by atoms with Crippen LogP contribution in [-0.2, 0) is 6.42 Å². The minimum Gasteiger partial charge on any atom is -0.496 e. The summed E-state index contributed by atoms with van der Waals surface area (Å²) in [7, 11) is 1.71. The Balaban J connectivity index is 1.73. The molecular formula is C18H21NO. The first-order valence-corrected chi connectivity index (χ1v) is 7.17. The quantitative estimate of drug-likeness (QED) is 0.916. The second-order valence-electron chi connectivity index (χ2n) is 5.67. The number of benzene rings is 2. The van der Waals surface area contributed by atoms with Gasteiger partial charge in [-0.05, 0) is 54.0 Å². The molecule has 104 valence electrons. The van der Waals surface area contributed by atoms with Gasteiger partial charge in [0.05, 0.1) is 7.11 Å². The van der Waals surface area contributed by atoms with E-state index in [2.05, 4.69) is 49.4 Å². The van der Waals surface area contributed by atoms with Crippen LogP contribution in [0.3, 0.4) is 0 Å². The maximum atomic E-state index is 6.38. The number of nitrogens with two attached hydrogens (primary N) is 1. The predicted octanol–water partition coefficient (Wildman–Crippen LogP) is 3.73. The molecule has 0 heterocycles. The van der Waals surface area contributed by atoms with Gasteiger partial charge in [0.2, 0.25) is 0 Å². The predicted molar refractivity (Wildman–Crippen MR) is 82.2 cm³/mol. The van der Waals surface area contributed by atoms with Crippen LogP contribution in [0.25, 0.3) is 0 Å². The molecule has 2 nitrogen and oxygen atoms in total. The van der Waals surface area contributed by atoms with E-state index in [1.165, 1.54) is 11.1 Å². The van der Waals surface area contributed by atoms with Crippen LogP contribution in [-0.4, -0.2) is 7.11 Å². The van der Waals surface area contributed by atoms with Crippen LogP contribution >= 0.6 is 0 Å². The van der Waals surface area contributed by atoms with Crippen molar-refractivity contribution >= 4 is 0 Å². The molecule has 1 aliphatic carbocycles. The van der Waals surface area contributed by atoms with E-state index in [0.29, 0.717) is 5.92 Å². The topological polar surface area (TPSA) is 35.2 Å². The highest BCUT2D eigenvalue weighted by Crippen LogP contribution is 2.40. The zero-order valence-electron chi connectivity index (χ0n) is 12.1. The first kappa shape index (κ1) is 13.2. The SMILES string of the molecule is COc1cc(C(N)CC2Cc3ccccc32)ccc1C. The molecule has 0 amide bonds. The third kappa shape index (κ3) is 2.32. The molecule has 2 aromatic rings. The van der Waals surface area contributed by atoms with Crippen molar-refractivity contribution in [3.05, 3.63) is 64.7 Å². The Morgan fingerprint density at radius 3 is 2.80 bits per heavy atom. The molecule has 0 bridgehead atoms. The van der Waals surface area contributed by atoms with Crippen molar-refractivity contribution in [2.75, 3.05) is 7.11 Å². The van der Waals surface area contributed by atoms with Gasteiger partial charge < -0.3 is 10.5 Å². The highest BCUT2D eigenvalue weighted by atomic mass is 16.5. The number of ether oxygens (including phenoxy) is 1. The van der Waals surface area contributed by atoms with Crippen LogP contribution in [0.1, 0.15) is 40.6 Å². The third-order valence-electron chi connectivity index (χ3n) is 4.36. The molecule has 0 spiro atoms. The Hall–Kier alpha value is -1.80. The number of fused-ring (bicyclic) bond motifs is 1. The van der Waals surface area contributed by atoms with Crippen molar-refractivity contribution in [3.63, 3.8) is 0 Å². The average Bonchev–Trinajstić information content (AvgIpc) is 2.45. The van der Waals surface area contributed by atoms with E-state index in [1.807, 2.05) is 0 Å². The fourth-order valence-corrected chi connectivity index (χ4v) is 3.08. The lowest BCUT2D eigenvalue weighted by molar-refractivity contribution is 0.410. The maximum absolute atomic E-state index is 6.38. The molecule has 20 heavy (non-hydrogen) atoms. The van der Waals surface area contributed by atoms with Crippen LogP contribution in [0.15, 0.2) is 42.5 Å². The van der Waals surface area contributed by atoms with Gasteiger partial charge in [-0.15, -0.1) is 0 Å². The van der Waals surface area contributed by atoms with Crippen LogP contribution in [0.4, 0.5) is 0 Å². The summed E-state index contributed by atoms with van der Waals surface area (Å²) in [6, 6.07) is 15.0. The van der Waals surface area contributed by atoms with Crippen molar-refractivity contribution in [3.8, 4) is 5.75 Å². The number of rotatable bonds is 4. The first-order valence-electron chi connectivity index (χ1n) is 7.17. The van der Waals surface area contributed by atoms with E-state index in [1.54, 1.807) is 7.11 Å². The van der Waals surface area contributed by atoms with Crippen molar-refractivity contribution in [2.45, 2.75) is 31.7 Å². The van der Waals surface area contributed by atoms with E-state index in [9.17, 15) is 0 Å². The summed E-state index contributed by atoms with van der Waals surface area (Å²) in [4.78, 5) is 0. The second-order valence-corrected chi connectivity index (χ2v) is 5.67. The largest absolute Gasteiger partial charge is 0.496 e. The van der Waals surface area contributed by atoms with Gasteiger partial charge in [-0.3, -0.25) is 0 Å². The molecule has 2 N–H and O–H groups in total. The minimum atomic E-state index is 0.0721. The van der Waals surface area contributed by atoms with Crippen LogP contribution in [0.2, 0.25) is 0 Å². The summed E-state index contributed by atoms with van der Waals surface area (Å²) < 4.78 is 5.38. The van der Waals surface area contributed by atoms with E-state index in [0.717, 1.165) is 29.7 Å². The summed E-state index contributed by atoms with van der Waals surface area (Å²) in [5, 5.41) is 0. The molecule has 0 aliphatic heterocycles. The lowest BCUT2D eigenvalue weighted by atomic mass is 9.74. The minimum absolute atomic E-state index is 0.0721. The van der Waals surface area contributed by atoms with Gasteiger partial charge in [-0.1, -0.05) is 36.4 Å². The molecule has 2 unspecified atom stereocenters. The van der Waals surface area contributed by atoms with Gasteiger partial charge in [0.1, 0.15) is 5.75 Å². The molecule has 0 aromatic heterocycles. The van der Waals surface area contributed by atoms with Crippen LogP contribution < -0.4 is 10.5 Å².